The zero-order chi connectivity index (χ0) is 24.8. The number of benzene rings is 2. The molecular formula is C30H43N5. The number of para-hydroxylation sites is 1. The van der Waals surface area contributed by atoms with Gasteiger partial charge in [-0.15, -0.1) is 0 Å². The van der Waals surface area contributed by atoms with Gasteiger partial charge in [0, 0.05) is 44.8 Å². The number of hydrogen-bond acceptors (Lipinski definition) is 4. The third-order valence-corrected chi connectivity index (χ3v) is 7.31. The molecule has 4 rings (SSSR count). The average molecular weight is 474 g/mol. The molecule has 2 aromatic carbocycles. The predicted octanol–water partition coefficient (Wildman–Crippen LogP) is 5.61. The maximum Gasteiger partial charge on any atom is 0.137 e. The van der Waals surface area contributed by atoms with Crippen LogP contribution in [0.25, 0.3) is 5.69 Å². The molecule has 0 N–H and O–H groups in total. The van der Waals surface area contributed by atoms with Crippen LogP contribution in [0.3, 0.4) is 0 Å². The topological polar surface area (TPSA) is 27.5 Å². The third kappa shape index (κ3) is 5.96. The zero-order valence-corrected chi connectivity index (χ0v) is 22.4. The van der Waals surface area contributed by atoms with Crippen LogP contribution in [0.4, 0.5) is 5.82 Å². The van der Waals surface area contributed by atoms with Crippen LogP contribution in [-0.2, 0) is 19.5 Å². The lowest BCUT2D eigenvalue weighted by molar-refractivity contribution is 0.254. The van der Waals surface area contributed by atoms with Gasteiger partial charge in [0.1, 0.15) is 5.82 Å². The predicted molar refractivity (Wildman–Crippen MR) is 148 cm³/mol. The Kier molecular flexibility index (Phi) is 8.64. The van der Waals surface area contributed by atoms with Gasteiger partial charge in [0.2, 0.25) is 0 Å². The van der Waals surface area contributed by atoms with Crippen LogP contribution < -0.4 is 4.90 Å². The highest BCUT2D eigenvalue weighted by Gasteiger charge is 2.27. The molecule has 0 spiro atoms. The van der Waals surface area contributed by atoms with Gasteiger partial charge in [-0.05, 0) is 63.0 Å². The van der Waals surface area contributed by atoms with Crippen molar-refractivity contribution in [1.82, 2.24) is 19.6 Å². The van der Waals surface area contributed by atoms with Gasteiger partial charge in [-0.25, -0.2) is 4.68 Å². The summed E-state index contributed by atoms with van der Waals surface area (Å²) in [5.41, 5.74) is 7.93. The molecule has 3 aromatic rings. The molecule has 5 nitrogen and oxygen atoms in total. The second-order valence-corrected chi connectivity index (χ2v) is 9.91. The molecule has 0 bridgehead atoms. The number of likely N-dealkylation sites (N-methyl/N-ethyl adjacent to an activating group) is 1. The van der Waals surface area contributed by atoms with Crippen molar-refractivity contribution in [1.29, 1.82) is 0 Å². The van der Waals surface area contributed by atoms with Crippen molar-refractivity contribution >= 4 is 5.82 Å². The van der Waals surface area contributed by atoms with Gasteiger partial charge in [0.05, 0.1) is 11.4 Å². The lowest BCUT2D eigenvalue weighted by Gasteiger charge is -2.36. The number of nitrogens with zero attached hydrogens (tertiary/aromatic N) is 5. The van der Waals surface area contributed by atoms with Gasteiger partial charge in [-0.3, -0.25) is 4.90 Å². The molecule has 35 heavy (non-hydrogen) atoms. The van der Waals surface area contributed by atoms with Crippen LogP contribution in [0, 0.1) is 13.8 Å². The number of piperazine rings is 1. The van der Waals surface area contributed by atoms with Gasteiger partial charge in [-0.2, -0.15) is 5.10 Å². The Morgan fingerprint density at radius 1 is 0.886 bits per heavy atom. The number of hydrogen-bond donors (Lipinski definition) is 0. The second-order valence-electron chi connectivity index (χ2n) is 9.91. The number of aryl methyl sites for hydroxylation is 3. The Hall–Kier alpha value is -2.63. The average Bonchev–Trinajstić information content (AvgIpc) is 3.25. The van der Waals surface area contributed by atoms with Crippen molar-refractivity contribution in [3.63, 3.8) is 0 Å². The summed E-state index contributed by atoms with van der Waals surface area (Å²) in [5, 5.41) is 5.20. The van der Waals surface area contributed by atoms with E-state index in [9.17, 15) is 0 Å². The van der Waals surface area contributed by atoms with Crippen molar-refractivity contribution in [2.24, 2.45) is 0 Å². The summed E-state index contributed by atoms with van der Waals surface area (Å²) in [5.74, 6) is 1.30. The highest BCUT2D eigenvalue weighted by Crippen LogP contribution is 2.31. The Morgan fingerprint density at radius 3 is 2.29 bits per heavy atom. The summed E-state index contributed by atoms with van der Waals surface area (Å²) in [7, 11) is 0. The maximum atomic E-state index is 5.20. The zero-order valence-electron chi connectivity index (χ0n) is 22.4. The van der Waals surface area contributed by atoms with Crippen molar-refractivity contribution in [3.05, 3.63) is 76.5 Å². The largest absolute Gasteiger partial charge is 0.354 e. The molecule has 0 aliphatic carbocycles. The fourth-order valence-electron chi connectivity index (χ4n) is 5.25. The third-order valence-electron chi connectivity index (χ3n) is 7.31. The van der Waals surface area contributed by atoms with Crippen molar-refractivity contribution in [3.8, 4) is 5.69 Å². The van der Waals surface area contributed by atoms with Gasteiger partial charge in [0.25, 0.3) is 0 Å². The first kappa shape index (κ1) is 25.5. The fraction of sp³-hybridized carbons (Fsp3) is 0.500. The summed E-state index contributed by atoms with van der Waals surface area (Å²) in [6.07, 6.45) is 2.09. The van der Waals surface area contributed by atoms with Crippen molar-refractivity contribution in [2.75, 3.05) is 44.2 Å². The van der Waals surface area contributed by atoms with E-state index in [1.54, 1.807) is 0 Å². The van der Waals surface area contributed by atoms with E-state index in [-0.39, 0.29) is 0 Å². The highest BCUT2D eigenvalue weighted by molar-refractivity contribution is 5.56. The maximum absolute atomic E-state index is 5.20. The smallest absolute Gasteiger partial charge is 0.137 e. The SMILES string of the molecule is CCCN(Cc1cc(C)ccc1C)Cc1c(CC)nn(-c2ccccc2)c1N1CCN(CC)CC1. The summed E-state index contributed by atoms with van der Waals surface area (Å²) >= 11 is 0. The molecule has 2 heterocycles. The van der Waals surface area contributed by atoms with E-state index in [4.69, 9.17) is 5.10 Å². The van der Waals surface area contributed by atoms with Gasteiger partial charge in [0.15, 0.2) is 0 Å². The first-order valence-corrected chi connectivity index (χ1v) is 13.5. The van der Waals surface area contributed by atoms with Crippen LogP contribution in [0.5, 0.6) is 0 Å². The molecule has 0 saturated carbocycles. The number of aromatic nitrogens is 2. The van der Waals surface area contributed by atoms with E-state index in [2.05, 4.69) is 103 Å². The molecule has 0 radical (unpaired) electrons. The highest BCUT2D eigenvalue weighted by atomic mass is 15.4. The molecule has 0 amide bonds. The minimum absolute atomic E-state index is 0.931. The van der Waals surface area contributed by atoms with E-state index in [1.165, 1.54) is 33.8 Å². The molecule has 1 aliphatic rings. The Labute approximate surface area is 212 Å². The van der Waals surface area contributed by atoms with Gasteiger partial charge < -0.3 is 9.80 Å². The van der Waals surface area contributed by atoms with Crippen LogP contribution in [0.15, 0.2) is 48.5 Å². The van der Waals surface area contributed by atoms with Gasteiger partial charge in [-0.1, -0.05) is 62.7 Å². The Morgan fingerprint density at radius 2 is 1.63 bits per heavy atom. The lowest BCUT2D eigenvalue weighted by atomic mass is 10.0. The summed E-state index contributed by atoms with van der Waals surface area (Å²) in [6.45, 7) is 19.7. The van der Waals surface area contributed by atoms with Crippen LogP contribution >= 0.6 is 0 Å². The van der Waals surface area contributed by atoms with Crippen molar-refractivity contribution < 1.29 is 0 Å². The quantitative estimate of drug-likeness (QED) is 0.383. The first-order chi connectivity index (χ1) is 17.0. The lowest BCUT2D eigenvalue weighted by Crippen LogP contribution is -2.47. The molecule has 1 fully saturated rings. The molecular weight excluding hydrogens is 430 g/mol. The first-order valence-electron chi connectivity index (χ1n) is 13.5. The number of anilines is 1. The van der Waals surface area contributed by atoms with E-state index in [1.807, 2.05) is 0 Å². The summed E-state index contributed by atoms with van der Waals surface area (Å²) in [4.78, 5) is 7.76. The van der Waals surface area contributed by atoms with Crippen LogP contribution in [-0.4, -0.2) is 58.8 Å². The van der Waals surface area contributed by atoms with Crippen LogP contribution in [0.2, 0.25) is 0 Å². The van der Waals surface area contributed by atoms with E-state index in [0.29, 0.717) is 0 Å². The summed E-state index contributed by atoms with van der Waals surface area (Å²) < 4.78 is 2.22. The second kappa shape index (κ2) is 11.9. The standard InChI is InChI=1S/C30H43N5/c1-6-16-33(22-26-21-24(4)14-15-25(26)5)23-28-29(7-2)31-35(27-12-10-9-11-13-27)30(28)34-19-17-32(8-3)18-20-34/h9-15,21H,6-8,16-20,22-23H2,1-5H3. The van der Waals surface area contributed by atoms with E-state index < -0.39 is 0 Å². The minimum atomic E-state index is 0.931. The molecule has 5 heteroatoms. The van der Waals surface area contributed by atoms with Crippen LogP contribution in [0.1, 0.15) is 55.1 Å². The molecule has 0 unspecified atom stereocenters. The van der Waals surface area contributed by atoms with E-state index >= 15 is 0 Å². The molecule has 1 aliphatic heterocycles. The molecule has 188 valence electrons. The fourth-order valence-corrected chi connectivity index (χ4v) is 5.25. The summed E-state index contributed by atoms with van der Waals surface area (Å²) in [6, 6.07) is 17.5. The van der Waals surface area contributed by atoms with Crippen molar-refractivity contribution in [2.45, 2.75) is 60.5 Å². The Balaban J connectivity index is 1.73. The minimum Gasteiger partial charge on any atom is -0.354 e. The molecule has 1 aromatic heterocycles. The monoisotopic (exact) mass is 473 g/mol. The van der Waals surface area contributed by atoms with E-state index in [0.717, 1.165) is 70.9 Å². The Bertz CT molecular complexity index is 1080. The van der Waals surface area contributed by atoms with Gasteiger partial charge >= 0.3 is 0 Å². The molecule has 1 saturated heterocycles. The number of rotatable bonds is 10. The normalized spacial score (nSPS) is 14.7. The molecule has 0 atom stereocenters.